The van der Waals surface area contributed by atoms with E-state index in [0.717, 1.165) is 18.4 Å². The Bertz CT molecular complexity index is 564. The Kier molecular flexibility index (Phi) is 3.56. The number of fused-ring (bicyclic) bond motifs is 2. The van der Waals surface area contributed by atoms with Crippen molar-refractivity contribution < 1.29 is 9.53 Å². The van der Waals surface area contributed by atoms with Gasteiger partial charge in [-0.1, -0.05) is 11.6 Å². The normalized spacial score (nSPS) is 28.7. The first-order chi connectivity index (χ1) is 9.67. The third-order valence-electron chi connectivity index (χ3n) is 4.18. The fourth-order valence-corrected chi connectivity index (χ4v) is 3.23. The molecule has 4 heteroatoms. The fraction of sp³-hybridized carbons (Fsp3) is 0.500. The molecule has 4 nitrogen and oxygen atoms in total. The second-order valence-electron chi connectivity index (χ2n) is 5.79. The highest BCUT2D eigenvalue weighted by atomic mass is 16.5. The average Bonchev–Trinajstić information content (AvgIpc) is 2.46. The van der Waals surface area contributed by atoms with E-state index >= 15 is 0 Å². The van der Waals surface area contributed by atoms with Gasteiger partial charge in [0, 0.05) is 23.6 Å². The molecule has 0 radical (unpaired) electrons. The van der Waals surface area contributed by atoms with Gasteiger partial charge in [0.15, 0.2) is 5.78 Å². The van der Waals surface area contributed by atoms with Crippen LogP contribution in [0.3, 0.4) is 0 Å². The maximum Gasteiger partial charge on any atom is 0.167 e. The van der Waals surface area contributed by atoms with Crippen LogP contribution in [0.4, 0.5) is 0 Å². The van der Waals surface area contributed by atoms with E-state index in [1.807, 2.05) is 19.1 Å². The number of aryl methyl sites for hydroxylation is 1. The number of ketones is 1. The number of nitrogens with zero attached hydrogens (tertiary/aromatic N) is 1. The Balaban J connectivity index is 1.86. The molecule has 1 N–H and O–H groups in total. The molecule has 3 rings (SSSR count). The standard InChI is InChI=1S/C16H18N2O2/c1-10-2-3-11(7-17)15(4-10)16(19)12-5-13-8-20-9-14(6-12)18-13/h2-4,12-14,18H,5-6,8-9H2,1H3. The number of carbonyl (C=O) groups excluding carboxylic acids is 1. The Morgan fingerprint density at radius 3 is 2.70 bits per heavy atom. The van der Waals surface area contributed by atoms with Gasteiger partial charge in [0.1, 0.15) is 0 Å². The van der Waals surface area contributed by atoms with E-state index in [2.05, 4.69) is 11.4 Å². The Labute approximate surface area is 118 Å². The average molecular weight is 270 g/mol. The number of hydrogen-bond acceptors (Lipinski definition) is 4. The van der Waals surface area contributed by atoms with Crippen LogP contribution in [0.5, 0.6) is 0 Å². The number of benzene rings is 1. The van der Waals surface area contributed by atoms with Crippen molar-refractivity contribution in [1.82, 2.24) is 5.32 Å². The van der Waals surface area contributed by atoms with Crippen LogP contribution in [-0.2, 0) is 4.74 Å². The van der Waals surface area contributed by atoms with Gasteiger partial charge in [-0.15, -0.1) is 0 Å². The summed E-state index contributed by atoms with van der Waals surface area (Å²) in [6.07, 6.45) is 1.60. The number of piperidine rings is 1. The quantitative estimate of drug-likeness (QED) is 0.833. The van der Waals surface area contributed by atoms with Crippen LogP contribution in [0.1, 0.15) is 34.3 Å². The molecule has 2 saturated heterocycles. The van der Waals surface area contributed by atoms with E-state index in [9.17, 15) is 10.1 Å². The lowest BCUT2D eigenvalue weighted by molar-refractivity contribution is 0.00952. The van der Waals surface area contributed by atoms with Crippen molar-refractivity contribution in [2.24, 2.45) is 5.92 Å². The van der Waals surface area contributed by atoms with Gasteiger partial charge < -0.3 is 10.1 Å². The van der Waals surface area contributed by atoms with Crippen LogP contribution in [0.25, 0.3) is 0 Å². The molecule has 104 valence electrons. The number of ether oxygens (including phenoxy) is 1. The summed E-state index contributed by atoms with van der Waals surface area (Å²) in [4.78, 5) is 12.7. The van der Waals surface area contributed by atoms with Gasteiger partial charge in [0.25, 0.3) is 0 Å². The smallest absolute Gasteiger partial charge is 0.167 e. The summed E-state index contributed by atoms with van der Waals surface area (Å²) in [6.45, 7) is 3.31. The molecule has 20 heavy (non-hydrogen) atoms. The Morgan fingerprint density at radius 2 is 2.05 bits per heavy atom. The lowest BCUT2D eigenvalue weighted by Crippen LogP contribution is -2.55. The van der Waals surface area contributed by atoms with Gasteiger partial charge >= 0.3 is 0 Å². The van der Waals surface area contributed by atoms with E-state index in [1.54, 1.807) is 6.07 Å². The highest BCUT2D eigenvalue weighted by Crippen LogP contribution is 2.28. The number of nitrogens with one attached hydrogen (secondary N) is 1. The molecule has 2 atom stereocenters. The minimum atomic E-state index is 0.00375. The highest BCUT2D eigenvalue weighted by molar-refractivity contribution is 6.00. The van der Waals surface area contributed by atoms with E-state index in [0.29, 0.717) is 24.3 Å². The van der Waals surface area contributed by atoms with Crippen molar-refractivity contribution in [3.05, 3.63) is 34.9 Å². The van der Waals surface area contributed by atoms with Gasteiger partial charge in [0.05, 0.1) is 24.8 Å². The van der Waals surface area contributed by atoms with Crippen molar-refractivity contribution in [2.45, 2.75) is 31.8 Å². The van der Waals surface area contributed by atoms with E-state index in [4.69, 9.17) is 4.74 Å². The topological polar surface area (TPSA) is 62.1 Å². The first kappa shape index (κ1) is 13.3. The highest BCUT2D eigenvalue weighted by Gasteiger charge is 2.36. The number of hydrogen-bond donors (Lipinski definition) is 1. The van der Waals surface area contributed by atoms with Crippen LogP contribution < -0.4 is 5.32 Å². The molecule has 2 aliphatic rings. The van der Waals surface area contributed by atoms with Crippen molar-refractivity contribution in [3.63, 3.8) is 0 Å². The third-order valence-corrected chi connectivity index (χ3v) is 4.18. The summed E-state index contributed by atoms with van der Waals surface area (Å²) < 4.78 is 5.51. The molecular weight excluding hydrogens is 252 g/mol. The number of morpholine rings is 1. The molecule has 2 heterocycles. The molecule has 2 unspecified atom stereocenters. The minimum absolute atomic E-state index is 0.00375. The third kappa shape index (κ3) is 2.47. The van der Waals surface area contributed by atoms with Crippen molar-refractivity contribution in [1.29, 1.82) is 5.26 Å². The zero-order valence-electron chi connectivity index (χ0n) is 11.6. The molecule has 2 fully saturated rings. The van der Waals surface area contributed by atoms with Crippen LogP contribution in [0.15, 0.2) is 18.2 Å². The maximum atomic E-state index is 12.7. The first-order valence-corrected chi connectivity index (χ1v) is 7.06. The number of nitriles is 1. The van der Waals surface area contributed by atoms with E-state index < -0.39 is 0 Å². The summed E-state index contributed by atoms with van der Waals surface area (Å²) in [7, 11) is 0. The predicted molar refractivity (Wildman–Crippen MR) is 74.5 cm³/mol. The van der Waals surface area contributed by atoms with E-state index in [-0.39, 0.29) is 23.8 Å². The van der Waals surface area contributed by atoms with Gasteiger partial charge in [-0.05, 0) is 31.9 Å². The van der Waals surface area contributed by atoms with Gasteiger partial charge in [0.2, 0.25) is 0 Å². The molecule has 0 amide bonds. The predicted octanol–water partition coefficient (Wildman–Crippen LogP) is 1.82. The minimum Gasteiger partial charge on any atom is -0.378 e. The van der Waals surface area contributed by atoms with Crippen LogP contribution in [0.2, 0.25) is 0 Å². The molecule has 2 bridgehead atoms. The number of carbonyl (C=O) groups is 1. The largest absolute Gasteiger partial charge is 0.378 e. The lowest BCUT2D eigenvalue weighted by atomic mass is 9.81. The molecule has 2 aliphatic heterocycles. The lowest BCUT2D eigenvalue weighted by Gasteiger charge is -2.39. The SMILES string of the molecule is Cc1ccc(C#N)c(C(=O)C2CC3COCC(C2)N3)c1. The van der Waals surface area contributed by atoms with Crippen LogP contribution in [0, 0.1) is 24.2 Å². The molecule has 1 aromatic rings. The van der Waals surface area contributed by atoms with Gasteiger partial charge in [-0.25, -0.2) is 0 Å². The van der Waals surface area contributed by atoms with Crippen LogP contribution >= 0.6 is 0 Å². The van der Waals surface area contributed by atoms with Crippen molar-refractivity contribution >= 4 is 5.78 Å². The summed E-state index contributed by atoms with van der Waals surface area (Å²) >= 11 is 0. The molecule has 0 saturated carbocycles. The maximum absolute atomic E-state index is 12.7. The van der Waals surface area contributed by atoms with Gasteiger partial charge in [-0.3, -0.25) is 4.79 Å². The van der Waals surface area contributed by atoms with Crippen molar-refractivity contribution in [2.75, 3.05) is 13.2 Å². The summed E-state index contributed by atoms with van der Waals surface area (Å²) in [5.74, 6) is 0.118. The zero-order valence-corrected chi connectivity index (χ0v) is 11.6. The van der Waals surface area contributed by atoms with Crippen LogP contribution in [-0.4, -0.2) is 31.1 Å². The van der Waals surface area contributed by atoms with Gasteiger partial charge in [-0.2, -0.15) is 5.26 Å². The second-order valence-corrected chi connectivity index (χ2v) is 5.79. The molecule has 0 spiro atoms. The zero-order chi connectivity index (χ0) is 14.1. The molecule has 0 aliphatic carbocycles. The Morgan fingerprint density at radius 1 is 1.35 bits per heavy atom. The van der Waals surface area contributed by atoms with E-state index in [1.165, 1.54) is 0 Å². The fourth-order valence-electron chi connectivity index (χ4n) is 3.23. The van der Waals surface area contributed by atoms with Crippen molar-refractivity contribution in [3.8, 4) is 6.07 Å². The molecule has 1 aromatic carbocycles. The Hall–Kier alpha value is -1.70. The first-order valence-electron chi connectivity index (χ1n) is 7.06. The summed E-state index contributed by atoms with van der Waals surface area (Å²) in [6, 6.07) is 8.13. The molecular formula is C16H18N2O2. The molecule has 0 aromatic heterocycles. The summed E-state index contributed by atoms with van der Waals surface area (Å²) in [5, 5.41) is 12.7. The monoisotopic (exact) mass is 270 g/mol. The number of Topliss-reactive ketones (excluding diaryl/α,β-unsaturated/α-hetero) is 1. The second kappa shape index (κ2) is 5.35. The summed E-state index contributed by atoms with van der Waals surface area (Å²) in [5.41, 5.74) is 2.09. The number of rotatable bonds is 2.